The Morgan fingerprint density at radius 2 is 0.680 bits per heavy atom. The lowest BCUT2D eigenvalue weighted by molar-refractivity contribution is -0.0131. The van der Waals surface area contributed by atoms with E-state index in [1.54, 1.807) is 0 Å². The van der Waals surface area contributed by atoms with E-state index >= 15 is 0 Å². The molecule has 0 aromatic rings. The van der Waals surface area contributed by atoms with E-state index in [-0.39, 0.29) is 13.2 Å². The molecule has 0 radical (unpaired) electrons. The average molecular weight is 369 g/mol. The van der Waals surface area contributed by atoms with Crippen molar-refractivity contribution in [2.45, 2.75) is 0 Å². The van der Waals surface area contributed by atoms with Crippen molar-refractivity contribution in [2.24, 2.45) is 0 Å². The first-order valence-corrected chi connectivity index (χ1v) is 8.80. The second-order valence-corrected chi connectivity index (χ2v) is 4.87. The molecule has 0 saturated carbocycles. The number of aliphatic hydroxyl groups excluding tert-OH is 2. The Bertz CT molecular complexity index is 214. The Hall–Kier alpha value is -0.360. The van der Waals surface area contributed by atoms with Crippen LogP contribution in [-0.4, -0.2) is 116 Å². The van der Waals surface area contributed by atoms with E-state index in [4.69, 9.17) is 38.6 Å². The van der Waals surface area contributed by atoms with Gasteiger partial charge in [-0.1, -0.05) is 0 Å². The van der Waals surface area contributed by atoms with Gasteiger partial charge in [-0.25, -0.2) is 0 Å². The predicted octanol–water partition coefficient (Wildman–Crippen LogP) is -1.34. The van der Waals surface area contributed by atoms with Gasteiger partial charge in [-0.05, 0) is 0 Å². The van der Waals surface area contributed by atoms with Gasteiger partial charge in [0.15, 0.2) is 0 Å². The average Bonchev–Trinajstić information content (AvgIpc) is 2.63. The summed E-state index contributed by atoms with van der Waals surface area (Å²) in [5.74, 6) is 0. The molecule has 0 rings (SSSR count). The van der Waals surface area contributed by atoms with Crippen molar-refractivity contribution in [3.8, 4) is 0 Å². The lowest BCUT2D eigenvalue weighted by Crippen LogP contribution is -2.25. The van der Waals surface area contributed by atoms with Crippen LogP contribution in [-0.2, 0) is 28.4 Å². The summed E-state index contributed by atoms with van der Waals surface area (Å²) in [6, 6.07) is 0. The van der Waals surface area contributed by atoms with Gasteiger partial charge in [0.25, 0.3) is 0 Å². The highest BCUT2D eigenvalue weighted by Crippen LogP contribution is 1.83. The van der Waals surface area contributed by atoms with Crippen LogP contribution in [0.1, 0.15) is 0 Å². The lowest BCUT2D eigenvalue weighted by atomic mass is 10.6. The minimum Gasteiger partial charge on any atom is -0.394 e. The first kappa shape index (κ1) is 24.6. The van der Waals surface area contributed by atoms with Gasteiger partial charge >= 0.3 is 0 Å². The van der Waals surface area contributed by atoms with Gasteiger partial charge in [0.05, 0.1) is 92.5 Å². The largest absolute Gasteiger partial charge is 0.394 e. The molecule has 3 N–H and O–H groups in total. The lowest BCUT2D eigenvalue weighted by Gasteiger charge is -2.08. The molecule has 0 aliphatic heterocycles. The highest BCUT2D eigenvalue weighted by molar-refractivity contribution is 4.45. The van der Waals surface area contributed by atoms with E-state index in [0.717, 1.165) is 13.1 Å². The number of rotatable bonds is 22. The van der Waals surface area contributed by atoms with Crippen LogP contribution >= 0.6 is 0 Å². The molecule has 0 unspecified atom stereocenters. The molecule has 0 fully saturated rings. The zero-order chi connectivity index (χ0) is 18.3. The summed E-state index contributed by atoms with van der Waals surface area (Å²) in [6.45, 7) is 7.72. The van der Waals surface area contributed by atoms with Gasteiger partial charge in [-0.15, -0.1) is 0 Å². The third-order valence-corrected chi connectivity index (χ3v) is 2.81. The van der Waals surface area contributed by atoms with E-state index in [0.29, 0.717) is 79.3 Å². The molecular formula is C16H35NO8. The van der Waals surface area contributed by atoms with Crippen LogP contribution in [0.15, 0.2) is 0 Å². The van der Waals surface area contributed by atoms with Crippen molar-refractivity contribution in [1.29, 1.82) is 0 Å². The van der Waals surface area contributed by atoms with Gasteiger partial charge in [-0.3, -0.25) is 0 Å². The van der Waals surface area contributed by atoms with Crippen molar-refractivity contribution in [3.05, 3.63) is 0 Å². The van der Waals surface area contributed by atoms with Crippen LogP contribution in [0, 0.1) is 0 Å². The first-order valence-electron chi connectivity index (χ1n) is 8.80. The Morgan fingerprint density at radius 1 is 0.400 bits per heavy atom. The quantitative estimate of drug-likeness (QED) is 0.200. The Morgan fingerprint density at radius 3 is 1.04 bits per heavy atom. The monoisotopic (exact) mass is 369 g/mol. The van der Waals surface area contributed by atoms with Crippen LogP contribution < -0.4 is 5.32 Å². The summed E-state index contributed by atoms with van der Waals surface area (Å²) in [4.78, 5) is 0. The molecule has 9 heteroatoms. The van der Waals surface area contributed by atoms with Gasteiger partial charge in [0, 0.05) is 13.1 Å². The number of hydrogen-bond donors (Lipinski definition) is 3. The summed E-state index contributed by atoms with van der Waals surface area (Å²) in [6.07, 6.45) is 0. The number of ether oxygens (including phenoxy) is 6. The third-order valence-electron chi connectivity index (χ3n) is 2.81. The van der Waals surface area contributed by atoms with Crippen LogP contribution in [0.4, 0.5) is 0 Å². The molecule has 0 saturated heterocycles. The molecule has 0 aliphatic carbocycles. The molecule has 0 aromatic heterocycles. The second-order valence-electron chi connectivity index (χ2n) is 4.87. The molecule has 25 heavy (non-hydrogen) atoms. The van der Waals surface area contributed by atoms with E-state index in [1.165, 1.54) is 0 Å². The van der Waals surface area contributed by atoms with Crippen LogP contribution in [0.2, 0.25) is 0 Å². The summed E-state index contributed by atoms with van der Waals surface area (Å²) < 4.78 is 31.6. The van der Waals surface area contributed by atoms with Crippen molar-refractivity contribution in [3.63, 3.8) is 0 Å². The third kappa shape index (κ3) is 23.6. The smallest absolute Gasteiger partial charge is 0.0701 e. The maximum absolute atomic E-state index is 8.52. The Labute approximate surface area is 150 Å². The van der Waals surface area contributed by atoms with Crippen LogP contribution in [0.3, 0.4) is 0 Å². The molecule has 9 nitrogen and oxygen atoms in total. The minimum atomic E-state index is 0.0343. The molecule has 0 atom stereocenters. The number of nitrogens with one attached hydrogen (secondary N) is 1. The first-order chi connectivity index (χ1) is 12.4. The summed E-state index contributed by atoms with van der Waals surface area (Å²) >= 11 is 0. The van der Waals surface area contributed by atoms with Gasteiger partial charge < -0.3 is 44.0 Å². The summed E-state index contributed by atoms with van der Waals surface area (Å²) in [5, 5.41) is 20.2. The maximum atomic E-state index is 8.52. The molecule has 0 spiro atoms. The molecular weight excluding hydrogens is 334 g/mol. The normalized spacial score (nSPS) is 11.3. The van der Waals surface area contributed by atoms with Crippen molar-refractivity contribution in [1.82, 2.24) is 5.32 Å². The predicted molar refractivity (Wildman–Crippen MR) is 92.0 cm³/mol. The molecule has 0 heterocycles. The fraction of sp³-hybridized carbons (Fsp3) is 1.00. The standard InChI is InChI=1S/C16H35NO8/c18-3-7-20-5-1-17-2-6-21-9-11-23-13-15-25-16-14-24-12-10-22-8-4-19/h17-19H,1-16H2. The zero-order valence-electron chi connectivity index (χ0n) is 15.2. The molecule has 0 amide bonds. The highest BCUT2D eigenvalue weighted by Gasteiger charge is 1.94. The van der Waals surface area contributed by atoms with E-state index in [9.17, 15) is 0 Å². The van der Waals surface area contributed by atoms with Crippen LogP contribution in [0.5, 0.6) is 0 Å². The second kappa shape index (κ2) is 23.6. The highest BCUT2D eigenvalue weighted by atomic mass is 16.6. The summed E-state index contributed by atoms with van der Waals surface area (Å²) in [5.41, 5.74) is 0. The fourth-order valence-corrected chi connectivity index (χ4v) is 1.63. The molecule has 152 valence electrons. The SMILES string of the molecule is OCCOCCNCCOCCOCCOCCOCCOCCO. The molecule has 0 aromatic carbocycles. The Balaban J connectivity index is 2.94. The van der Waals surface area contributed by atoms with Gasteiger partial charge in [0.2, 0.25) is 0 Å². The van der Waals surface area contributed by atoms with Crippen molar-refractivity contribution in [2.75, 3.05) is 106 Å². The minimum absolute atomic E-state index is 0.0343. The Kier molecular flexibility index (Phi) is 23.3. The van der Waals surface area contributed by atoms with Gasteiger partial charge in [0.1, 0.15) is 0 Å². The molecule has 0 aliphatic rings. The fourth-order valence-electron chi connectivity index (χ4n) is 1.63. The van der Waals surface area contributed by atoms with Crippen LogP contribution in [0.25, 0.3) is 0 Å². The van der Waals surface area contributed by atoms with Gasteiger partial charge in [-0.2, -0.15) is 0 Å². The number of aliphatic hydroxyl groups is 2. The van der Waals surface area contributed by atoms with Crippen molar-refractivity contribution >= 4 is 0 Å². The summed E-state index contributed by atoms with van der Waals surface area (Å²) in [7, 11) is 0. The van der Waals surface area contributed by atoms with Crippen molar-refractivity contribution < 1.29 is 38.6 Å². The maximum Gasteiger partial charge on any atom is 0.0701 e. The number of hydrogen-bond acceptors (Lipinski definition) is 9. The topological polar surface area (TPSA) is 108 Å². The molecule has 0 bridgehead atoms. The van der Waals surface area contributed by atoms with E-state index in [2.05, 4.69) is 5.32 Å². The van der Waals surface area contributed by atoms with E-state index in [1.807, 2.05) is 0 Å². The zero-order valence-corrected chi connectivity index (χ0v) is 15.2. The van der Waals surface area contributed by atoms with E-state index < -0.39 is 0 Å².